The topological polar surface area (TPSA) is 59.0 Å². The predicted molar refractivity (Wildman–Crippen MR) is 100 cm³/mol. The fourth-order valence-electron chi connectivity index (χ4n) is 3.49. The van der Waals surface area contributed by atoms with Crippen LogP contribution in [-0.2, 0) is 12.6 Å². The number of carbonyl (C=O) groups is 1. The lowest BCUT2D eigenvalue weighted by molar-refractivity contribution is -0.137. The minimum atomic E-state index is -4.82. The molecule has 0 fully saturated rings. The molecule has 1 aliphatic heterocycles. The number of likely N-dealkylation sites (N-methyl/N-ethyl adjacent to an activating group) is 1. The number of aromatic nitrogens is 3. The van der Waals surface area contributed by atoms with Gasteiger partial charge in [0, 0.05) is 25.4 Å². The molecule has 10 heteroatoms. The highest BCUT2D eigenvalue weighted by Crippen LogP contribution is 2.35. The number of carbonyl (C=O) groups excluding carboxylic acids is 1. The van der Waals surface area contributed by atoms with Crippen LogP contribution in [0.15, 0.2) is 42.9 Å². The molecular formula is C21H15F5N4O. The van der Waals surface area contributed by atoms with Crippen LogP contribution in [0.2, 0.25) is 0 Å². The van der Waals surface area contributed by atoms with Crippen molar-refractivity contribution in [3.63, 3.8) is 0 Å². The fourth-order valence-corrected chi connectivity index (χ4v) is 3.49. The van der Waals surface area contributed by atoms with E-state index in [1.54, 1.807) is 18.0 Å². The van der Waals surface area contributed by atoms with Crippen molar-refractivity contribution in [1.82, 2.24) is 19.9 Å². The van der Waals surface area contributed by atoms with Crippen LogP contribution < -0.4 is 0 Å². The maximum absolute atomic E-state index is 15.1. The van der Waals surface area contributed by atoms with Crippen molar-refractivity contribution in [2.75, 3.05) is 13.6 Å². The van der Waals surface area contributed by atoms with Gasteiger partial charge in [0.1, 0.15) is 12.1 Å². The summed E-state index contributed by atoms with van der Waals surface area (Å²) >= 11 is 0. The minimum Gasteiger partial charge on any atom is -0.341 e. The Balaban J connectivity index is 1.74. The van der Waals surface area contributed by atoms with E-state index in [4.69, 9.17) is 0 Å². The molecule has 4 rings (SSSR count). The highest BCUT2D eigenvalue weighted by atomic mass is 19.4. The SMILES string of the molecule is CN1CCc2c(ccnc2-c2cc([C@@H](F)c3cc(F)cc(C(F)(F)F)c3)ncn2)C1=O. The molecule has 1 atom stereocenters. The molecule has 1 amide bonds. The molecule has 0 aliphatic carbocycles. The smallest absolute Gasteiger partial charge is 0.341 e. The first-order valence-corrected chi connectivity index (χ1v) is 9.22. The van der Waals surface area contributed by atoms with Gasteiger partial charge in [-0.25, -0.2) is 18.7 Å². The average molecular weight is 434 g/mol. The first kappa shape index (κ1) is 20.8. The normalized spacial score (nSPS) is 15.0. The highest BCUT2D eigenvalue weighted by Gasteiger charge is 2.32. The largest absolute Gasteiger partial charge is 0.416 e. The Morgan fingerprint density at radius 2 is 1.87 bits per heavy atom. The molecule has 0 bridgehead atoms. The molecule has 5 nitrogen and oxygen atoms in total. The van der Waals surface area contributed by atoms with Crippen LogP contribution in [0.3, 0.4) is 0 Å². The second-order valence-electron chi connectivity index (χ2n) is 7.12. The van der Waals surface area contributed by atoms with E-state index in [-0.39, 0.29) is 17.3 Å². The Morgan fingerprint density at radius 3 is 2.61 bits per heavy atom. The summed E-state index contributed by atoms with van der Waals surface area (Å²) < 4.78 is 67.6. The molecule has 0 saturated carbocycles. The molecule has 3 aromatic rings. The molecule has 0 saturated heterocycles. The van der Waals surface area contributed by atoms with E-state index in [0.29, 0.717) is 48.0 Å². The number of amides is 1. The molecule has 0 spiro atoms. The summed E-state index contributed by atoms with van der Waals surface area (Å²) in [6.45, 7) is 0.470. The van der Waals surface area contributed by atoms with Crippen molar-refractivity contribution < 1.29 is 26.7 Å². The lowest BCUT2D eigenvalue weighted by atomic mass is 9.96. The Bertz CT molecular complexity index is 1160. The van der Waals surface area contributed by atoms with E-state index in [2.05, 4.69) is 15.0 Å². The lowest BCUT2D eigenvalue weighted by Crippen LogP contribution is -2.34. The van der Waals surface area contributed by atoms with Crippen molar-refractivity contribution in [1.29, 1.82) is 0 Å². The zero-order valence-electron chi connectivity index (χ0n) is 16.1. The van der Waals surface area contributed by atoms with Crippen LogP contribution in [0.1, 0.15) is 38.9 Å². The first-order valence-electron chi connectivity index (χ1n) is 9.22. The minimum absolute atomic E-state index is 0.179. The Kier molecular flexibility index (Phi) is 5.16. The zero-order chi connectivity index (χ0) is 22.3. The van der Waals surface area contributed by atoms with E-state index in [0.717, 1.165) is 6.33 Å². The van der Waals surface area contributed by atoms with E-state index in [9.17, 15) is 22.4 Å². The van der Waals surface area contributed by atoms with E-state index < -0.39 is 29.3 Å². The third-order valence-electron chi connectivity index (χ3n) is 5.06. The van der Waals surface area contributed by atoms with Crippen molar-refractivity contribution in [2.45, 2.75) is 18.8 Å². The van der Waals surface area contributed by atoms with Gasteiger partial charge in [-0.05, 0) is 47.9 Å². The number of benzene rings is 1. The molecule has 3 heterocycles. The number of pyridine rings is 1. The Hall–Kier alpha value is -3.43. The fraction of sp³-hybridized carbons (Fsp3) is 0.238. The molecule has 1 aromatic carbocycles. The van der Waals surface area contributed by atoms with Gasteiger partial charge in [-0.15, -0.1) is 0 Å². The van der Waals surface area contributed by atoms with Crippen molar-refractivity contribution in [2.24, 2.45) is 0 Å². The molecule has 2 aromatic heterocycles. The first-order chi connectivity index (χ1) is 14.6. The second-order valence-corrected chi connectivity index (χ2v) is 7.12. The Morgan fingerprint density at radius 1 is 1.10 bits per heavy atom. The van der Waals surface area contributed by atoms with Gasteiger partial charge < -0.3 is 4.90 Å². The number of hydrogen-bond donors (Lipinski definition) is 0. The summed E-state index contributed by atoms with van der Waals surface area (Å²) in [6.07, 6.45) is -3.94. The lowest BCUT2D eigenvalue weighted by Gasteiger charge is -2.25. The molecule has 0 unspecified atom stereocenters. The predicted octanol–water partition coefficient (Wildman–Crippen LogP) is 4.38. The molecule has 0 radical (unpaired) electrons. The number of nitrogens with zero attached hydrogens (tertiary/aromatic N) is 4. The third-order valence-corrected chi connectivity index (χ3v) is 5.06. The van der Waals surface area contributed by atoms with Crippen LogP contribution in [0.4, 0.5) is 22.0 Å². The third kappa shape index (κ3) is 3.97. The molecule has 31 heavy (non-hydrogen) atoms. The van der Waals surface area contributed by atoms with Crippen LogP contribution in [0, 0.1) is 5.82 Å². The summed E-state index contributed by atoms with van der Waals surface area (Å²) in [6, 6.07) is 4.37. The number of rotatable bonds is 3. The molecule has 1 aliphatic rings. The van der Waals surface area contributed by atoms with Crippen LogP contribution in [0.25, 0.3) is 11.4 Å². The summed E-state index contributed by atoms with van der Waals surface area (Å²) in [7, 11) is 1.68. The summed E-state index contributed by atoms with van der Waals surface area (Å²) in [4.78, 5) is 26.1. The number of fused-ring (bicyclic) bond motifs is 1. The van der Waals surface area contributed by atoms with Gasteiger partial charge in [-0.1, -0.05) is 0 Å². The summed E-state index contributed by atoms with van der Waals surface area (Å²) in [5, 5.41) is 0. The number of alkyl halides is 4. The van der Waals surface area contributed by atoms with Gasteiger partial charge in [0.05, 0.1) is 22.6 Å². The van der Waals surface area contributed by atoms with Crippen molar-refractivity contribution >= 4 is 5.91 Å². The molecule has 0 N–H and O–H groups in total. The molecule has 160 valence electrons. The summed E-state index contributed by atoms with van der Waals surface area (Å²) in [5.41, 5.74) is -0.370. The monoisotopic (exact) mass is 434 g/mol. The second kappa shape index (κ2) is 7.68. The number of halogens is 5. The highest BCUT2D eigenvalue weighted by molar-refractivity contribution is 5.98. The van der Waals surface area contributed by atoms with Gasteiger partial charge in [0.15, 0.2) is 6.17 Å². The maximum Gasteiger partial charge on any atom is 0.416 e. The quantitative estimate of drug-likeness (QED) is 0.574. The molecular weight excluding hydrogens is 419 g/mol. The van der Waals surface area contributed by atoms with Gasteiger partial charge >= 0.3 is 6.18 Å². The van der Waals surface area contributed by atoms with Crippen molar-refractivity contribution in [3.8, 4) is 11.4 Å². The Labute approximate surface area is 173 Å². The standard InChI is InChI=1S/C21H15F5N4O/c1-30-5-3-14-15(20(30)31)2-4-27-19(14)17-9-16(28-10-29-17)18(23)11-6-12(21(24,25)26)8-13(22)7-11/h2,4,6-10,18H,3,5H2,1H3/t18-/m0/s1. The van der Waals surface area contributed by atoms with Crippen LogP contribution in [0.5, 0.6) is 0 Å². The zero-order valence-corrected chi connectivity index (χ0v) is 16.1. The maximum atomic E-state index is 15.1. The van der Waals surface area contributed by atoms with Gasteiger partial charge in [0.2, 0.25) is 0 Å². The van der Waals surface area contributed by atoms with Crippen molar-refractivity contribution in [3.05, 3.63) is 76.6 Å². The number of hydrogen-bond acceptors (Lipinski definition) is 4. The van der Waals surface area contributed by atoms with E-state index in [1.165, 1.54) is 12.3 Å². The van der Waals surface area contributed by atoms with Crippen LogP contribution >= 0.6 is 0 Å². The van der Waals surface area contributed by atoms with Crippen LogP contribution in [-0.4, -0.2) is 39.4 Å². The average Bonchev–Trinajstić information content (AvgIpc) is 2.74. The van der Waals surface area contributed by atoms with E-state index in [1.807, 2.05) is 0 Å². The summed E-state index contributed by atoms with van der Waals surface area (Å²) in [5.74, 6) is -1.38. The van der Waals surface area contributed by atoms with Gasteiger partial charge in [-0.3, -0.25) is 9.78 Å². The van der Waals surface area contributed by atoms with Gasteiger partial charge in [-0.2, -0.15) is 13.2 Å². The van der Waals surface area contributed by atoms with E-state index >= 15 is 4.39 Å². The van der Waals surface area contributed by atoms with Gasteiger partial charge in [0.25, 0.3) is 5.91 Å².